The van der Waals surface area contributed by atoms with Crippen LogP contribution < -0.4 is 0 Å². The second kappa shape index (κ2) is 6.35. The van der Waals surface area contributed by atoms with Crippen molar-refractivity contribution < 1.29 is 9.90 Å². The molecule has 0 aromatic heterocycles. The minimum atomic E-state index is -0.916. The zero-order valence-corrected chi connectivity index (χ0v) is 13.8. The Hall–Kier alpha value is -2.09. The van der Waals surface area contributed by atoms with Crippen LogP contribution in [0.15, 0.2) is 35.9 Å². The van der Waals surface area contributed by atoms with Gasteiger partial charge in [-0.25, -0.2) is 4.79 Å². The number of carboxylic acid groups (broad SMARTS) is 1. The molecular weight excluding hydrogens is 272 g/mol. The minimum Gasteiger partial charge on any atom is -0.478 e. The molecule has 116 valence electrons. The molecule has 22 heavy (non-hydrogen) atoms. The zero-order valence-electron chi connectivity index (χ0n) is 13.8. The van der Waals surface area contributed by atoms with Gasteiger partial charge in [0.05, 0.1) is 0 Å². The number of aliphatic carboxylic acids is 1. The summed E-state index contributed by atoms with van der Waals surface area (Å²) in [7, 11) is 0. The molecule has 0 atom stereocenters. The lowest BCUT2D eigenvalue weighted by Gasteiger charge is -2.28. The van der Waals surface area contributed by atoms with Crippen LogP contribution in [0, 0.1) is 5.41 Å². The summed E-state index contributed by atoms with van der Waals surface area (Å²) < 4.78 is 0. The maximum absolute atomic E-state index is 10.7. The van der Waals surface area contributed by atoms with E-state index in [-0.39, 0.29) is 5.41 Å². The normalized spacial score (nSPS) is 15.6. The van der Waals surface area contributed by atoms with Crippen LogP contribution in [0.4, 0.5) is 0 Å². The van der Waals surface area contributed by atoms with E-state index >= 15 is 0 Å². The van der Waals surface area contributed by atoms with Crippen molar-refractivity contribution in [1.29, 1.82) is 0 Å². The average Bonchev–Trinajstić information content (AvgIpc) is 2.42. The lowest BCUT2D eigenvalue weighted by Crippen LogP contribution is -2.17. The molecule has 0 saturated heterocycles. The van der Waals surface area contributed by atoms with E-state index in [9.17, 15) is 4.79 Å². The van der Waals surface area contributed by atoms with E-state index < -0.39 is 5.97 Å². The first-order valence-corrected chi connectivity index (χ1v) is 7.66. The van der Waals surface area contributed by atoms with Crippen molar-refractivity contribution in [3.8, 4) is 0 Å². The van der Waals surface area contributed by atoms with Crippen LogP contribution in [-0.4, -0.2) is 11.1 Å². The number of hydrogen-bond acceptors (Lipinski definition) is 1. The van der Waals surface area contributed by atoms with Gasteiger partial charge >= 0.3 is 5.97 Å². The fraction of sp³-hybridized carbons (Fsp3) is 0.350. The number of rotatable bonds is 4. The van der Waals surface area contributed by atoms with Crippen molar-refractivity contribution in [1.82, 2.24) is 0 Å². The fourth-order valence-corrected chi connectivity index (χ4v) is 2.74. The second-order valence-electron chi connectivity index (χ2n) is 6.90. The number of carboxylic acids is 1. The average molecular weight is 296 g/mol. The Morgan fingerprint density at radius 3 is 2.68 bits per heavy atom. The Bertz CT molecular complexity index is 669. The molecule has 0 heterocycles. The van der Waals surface area contributed by atoms with Crippen molar-refractivity contribution in [3.63, 3.8) is 0 Å². The third-order valence-corrected chi connectivity index (χ3v) is 3.89. The molecular formula is C20H24O2. The highest BCUT2D eigenvalue weighted by molar-refractivity contribution is 5.85. The second-order valence-corrected chi connectivity index (χ2v) is 6.90. The van der Waals surface area contributed by atoms with Gasteiger partial charge in [0.1, 0.15) is 0 Å². The van der Waals surface area contributed by atoms with Crippen LogP contribution in [0.25, 0.3) is 12.2 Å². The van der Waals surface area contributed by atoms with Gasteiger partial charge in [-0.2, -0.15) is 0 Å². The third-order valence-electron chi connectivity index (χ3n) is 3.89. The van der Waals surface area contributed by atoms with Crippen LogP contribution in [0.2, 0.25) is 0 Å². The predicted octanol–water partition coefficient (Wildman–Crippen LogP) is 4.89. The smallest absolute Gasteiger partial charge is 0.328 e. The van der Waals surface area contributed by atoms with Crippen LogP contribution in [-0.2, 0) is 17.6 Å². The Balaban J connectivity index is 2.48. The molecule has 1 N–H and O–H groups in total. The molecule has 1 aliphatic carbocycles. The van der Waals surface area contributed by atoms with Gasteiger partial charge in [0.25, 0.3) is 0 Å². The van der Waals surface area contributed by atoms with Gasteiger partial charge in [-0.15, -0.1) is 0 Å². The Labute approximate surface area is 132 Å². The van der Waals surface area contributed by atoms with Crippen LogP contribution >= 0.6 is 0 Å². The zero-order chi connectivity index (χ0) is 16.3. The summed E-state index contributed by atoms with van der Waals surface area (Å²) in [6, 6.07) is 4.19. The molecule has 0 amide bonds. The molecule has 0 saturated carbocycles. The molecule has 1 aliphatic rings. The van der Waals surface area contributed by atoms with Gasteiger partial charge in [0, 0.05) is 6.08 Å². The number of benzene rings is 1. The van der Waals surface area contributed by atoms with E-state index in [1.165, 1.54) is 28.3 Å². The summed E-state index contributed by atoms with van der Waals surface area (Å²) in [5.41, 5.74) is 6.31. The van der Waals surface area contributed by atoms with E-state index in [1.807, 2.05) is 0 Å². The van der Waals surface area contributed by atoms with E-state index in [0.29, 0.717) is 0 Å². The summed E-state index contributed by atoms with van der Waals surface area (Å²) in [5, 5.41) is 8.82. The highest BCUT2D eigenvalue weighted by Crippen LogP contribution is 2.35. The lowest BCUT2D eigenvalue weighted by atomic mass is 9.77. The monoisotopic (exact) mass is 296 g/mol. The molecule has 0 spiro atoms. The molecule has 1 aromatic carbocycles. The summed E-state index contributed by atoms with van der Waals surface area (Å²) >= 11 is 0. The van der Waals surface area contributed by atoms with Crippen molar-refractivity contribution in [2.45, 2.75) is 40.5 Å². The molecule has 2 heteroatoms. The van der Waals surface area contributed by atoms with Gasteiger partial charge in [0.2, 0.25) is 0 Å². The number of carbonyl (C=O) groups is 1. The molecule has 2 nitrogen and oxygen atoms in total. The van der Waals surface area contributed by atoms with Crippen molar-refractivity contribution >= 4 is 18.1 Å². The van der Waals surface area contributed by atoms with Gasteiger partial charge in [-0.1, -0.05) is 43.7 Å². The minimum absolute atomic E-state index is 0.172. The predicted molar refractivity (Wildman–Crippen MR) is 92.8 cm³/mol. The SMILES string of the molecule is CC(C)=CCc1cc(/C=C\C(=O)O)cc2c1CC(C)(C)C=C2. The number of fused-ring (bicyclic) bond motifs is 1. The largest absolute Gasteiger partial charge is 0.478 e. The highest BCUT2D eigenvalue weighted by atomic mass is 16.4. The first-order valence-electron chi connectivity index (χ1n) is 7.66. The molecule has 0 aliphatic heterocycles. The summed E-state index contributed by atoms with van der Waals surface area (Å²) in [6.45, 7) is 8.69. The van der Waals surface area contributed by atoms with Gasteiger partial charge < -0.3 is 5.11 Å². The van der Waals surface area contributed by atoms with Crippen molar-refractivity contribution in [2.24, 2.45) is 5.41 Å². The summed E-state index contributed by atoms with van der Waals surface area (Å²) in [6.07, 6.45) is 11.4. The quantitative estimate of drug-likeness (QED) is 0.634. The molecule has 0 fully saturated rings. The Kier molecular flexibility index (Phi) is 4.70. The standard InChI is InChI=1S/C20H24O2/c1-14(2)5-7-16-11-15(6-8-19(21)22)12-17-9-10-20(3,4)13-18(16)17/h5-6,8-12H,7,13H2,1-4H3,(H,21,22)/b8-6-. The maximum atomic E-state index is 10.7. The third kappa shape index (κ3) is 4.20. The number of allylic oxidation sites excluding steroid dienone is 3. The van der Waals surface area contributed by atoms with Crippen molar-refractivity contribution in [2.75, 3.05) is 0 Å². The van der Waals surface area contributed by atoms with Gasteiger partial charge in [-0.3, -0.25) is 0 Å². The molecule has 0 radical (unpaired) electrons. The lowest BCUT2D eigenvalue weighted by molar-refractivity contribution is -0.131. The molecule has 2 rings (SSSR count). The van der Waals surface area contributed by atoms with Gasteiger partial charge in [0.15, 0.2) is 0 Å². The fourth-order valence-electron chi connectivity index (χ4n) is 2.74. The summed E-state index contributed by atoms with van der Waals surface area (Å²) in [4.78, 5) is 10.7. The molecule has 1 aromatic rings. The van der Waals surface area contributed by atoms with E-state index in [0.717, 1.165) is 18.4 Å². The summed E-state index contributed by atoms with van der Waals surface area (Å²) in [5.74, 6) is -0.916. The first-order chi connectivity index (χ1) is 10.3. The van der Waals surface area contributed by atoms with Gasteiger partial charge in [-0.05, 0) is 66.5 Å². The van der Waals surface area contributed by atoms with E-state index in [4.69, 9.17) is 5.11 Å². The Morgan fingerprint density at radius 1 is 1.32 bits per heavy atom. The van der Waals surface area contributed by atoms with Crippen LogP contribution in [0.1, 0.15) is 49.9 Å². The highest BCUT2D eigenvalue weighted by Gasteiger charge is 2.22. The first kappa shape index (κ1) is 16.3. The Morgan fingerprint density at radius 2 is 2.05 bits per heavy atom. The van der Waals surface area contributed by atoms with Crippen LogP contribution in [0.3, 0.4) is 0 Å². The van der Waals surface area contributed by atoms with Crippen molar-refractivity contribution in [3.05, 3.63) is 58.2 Å². The molecule has 0 bridgehead atoms. The topological polar surface area (TPSA) is 37.3 Å². The number of hydrogen-bond donors (Lipinski definition) is 1. The van der Waals surface area contributed by atoms with E-state index in [1.54, 1.807) is 6.08 Å². The maximum Gasteiger partial charge on any atom is 0.328 e. The molecule has 0 unspecified atom stereocenters. The van der Waals surface area contributed by atoms with Crippen LogP contribution in [0.5, 0.6) is 0 Å². The van der Waals surface area contributed by atoms with E-state index in [2.05, 4.69) is 58.1 Å².